The first-order valence-corrected chi connectivity index (χ1v) is 33.1. The number of aromatic amines is 2. The molecule has 0 saturated carbocycles. The number of aliphatic hydroxyl groups excluding tert-OH is 2. The Morgan fingerprint density at radius 3 is 1.33 bits per heavy atom. The van der Waals surface area contributed by atoms with Gasteiger partial charge in [0.1, 0.15) is 24.2 Å². The zero-order valence-corrected chi connectivity index (χ0v) is 53.7. The number of fused-ring (bicyclic) bond motifs is 10. The van der Waals surface area contributed by atoms with Crippen LogP contribution in [0.5, 0.6) is 0 Å². The molecule has 8 fully saturated rings. The van der Waals surface area contributed by atoms with E-state index in [1.807, 2.05) is 60.7 Å². The fourth-order valence-corrected chi connectivity index (χ4v) is 17.6. The Labute approximate surface area is 552 Å². The highest BCUT2D eigenvalue weighted by molar-refractivity contribution is 5.99. The van der Waals surface area contributed by atoms with E-state index in [1.165, 1.54) is 56.7 Å². The number of piperidine rings is 2. The van der Waals surface area contributed by atoms with Crippen LogP contribution >= 0.6 is 0 Å². The molecule has 0 bridgehead atoms. The molecule has 10 N–H and O–H groups in total. The number of carboxylic acid groups (broad SMARTS) is 2. The number of aliphatic carboxylic acids is 2. The number of aliphatic hydroxyl groups is 4. The van der Waals surface area contributed by atoms with Crippen LogP contribution in [0.3, 0.4) is 0 Å². The Balaban J connectivity index is 0.000000145. The van der Waals surface area contributed by atoms with Gasteiger partial charge in [-0.25, -0.2) is 9.59 Å². The van der Waals surface area contributed by atoms with Crippen molar-refractivity contribution in [3.05, 3.63) is 143 Å². The van der Waals surface area contributed by atoms with E-state index in [-0.39, 0.29) is 72.2 Å². The molecule has 2 aromatic heterocycles. The Morgan fingerprint density at radius 1 is 0.573 bits per heavy atom. The third-order valence-corrected chi connectivity index (χ3v) is 22.1. The topological polar surface area (TPSA) is 351 Å². The van der Waals surface area contributed by atoms with E-state index in [2.05, 4.69) is 93.3 Å². The van der Waals surface area contributed by atoms with E-state index in [4.69, 9.17) is 29.9 Å². The number of carbonyl (C=O) groups is 8. The Hall–Kier alpha value is -8.60. The van der Waals surface area contributed by atoms with Crippen LogP contribution in [0.2, 0.25) is 0 Å². The first-order valence-electron chi connectivity index (χ1n) is 33.1. The van der Waals surface area contributed by atoms with Crippen molar-refractivity contribution in [2.45, 2.75) is 162 Å². The van der Waals surface area contributed by atoms with Crippen LogP contribution in [0.15, 0.2) is 109 Å². The number of likely N-dealkylation sites (tertiary alicyclic amines) is 2. The first kappa shape index (κ1) is 64.7. The molecule has 8 saturated heterocycles. The van der Waals surface area contributed by atoms with Crippen molar-refractivity contribution in [2.75, 3.05) is 40.3 Å². The summed E-state index contributed by atoms with van der Waals surface area (Å²) in [7, 11) is 4.12. The summed E-state index contributed by atoms with van der Waals surface area (Å²) < 4.78 is 12.5. The van der Waals surface area contributed by atoms with Gasteiger partial charge in [0.2, 0.25) is 35.1 Å². The second-order valence-corrected chi connectivity index (χ2v) is 27.9. The minimum Gasteiger partial charge on any atom is -0.479 e. The van der Waals surface area contributed by atoms with Crippen LogP contribution in [0, 0.1) is 11.8 Å². The fraction of sp³-hybridized carbons (Fsp3) is 0.486. The molecule has 2 aliphatic carbocycles. The van der Waals surface area contributed by atoms with Gasteiger partial charge in [0.25, 0.3) is 23.6 Å². The van der Waals surface area contributed by atoms with E-state index in [1.54, 1.807) is 9.80 Å². The molecule has 0 spiro atoms. The summed E-state index contributed by atoms with van der Waals surface area (Å²) in [6, 6.07) is 28.9. The molecular formula is C70H80N10O16. The Kier molecular flexibility index (Phi) is 16.3. The molecule has 506 valence electrons. The lowest BCUT2D eigenvalue weighted by Gasteiger charge is -2.48. The van der Waals surface area contributed by atoms with Gasteiger partial charge in [0, 0.05) is 97.1 Å². The molecule has 96 heavy (non-hydrogen) atoms. The number of nitrogens with one attached hydrogen (secondary N) is 4. The molecule has 8 aliphatic heterocycles. The monoisotopic (exact) mass is 1320 g/mol. The zero-order chi connectivity index (χ0) is 67.7. The maximum Gasteiger partial charge on any atom is 0.335 e. The molecule has 6 aromatic rings. The lowest BCUT2D eigenvalue weighted by atomic mass is 9.72. The van der Waals surface area contributed by atoms with Crippen LogP contribution < -0.4 is 10.6 Å². The zero-order valence-electron chi connectivity index (χ0n) is 53.7. The van der Waals surface area contributed by atoms with Crippen LogP contribution in [-0.4, -0.2) is 229 Å². The fourth-order valence-electron chi connectivity index (χ4n) is 17.6. The quantitative estimate of drug-likeness (QED) is 0.0887. The summed E-state index contributed by atoms with van der Waals surface area (Å²) in [4.78, 5) is 120. The van der Waals surface area contributed by atoms with Crippen molar-refractivity contribution >= 4 is 69.2 Å². The van der Waals surface area contributed by atoms with Gasteiger partial charge >= 0.3 is 11.9 Å². The van der Waals surface area contributed by atoms with Gasteiger partial charge in [0.15, 0.2) is 12.2 Å². The predicted molar refractivity (Wildman–Crippen MR) is 342 cm³/mol. The van der Waals surface area contributed by atoms with Crippen LogP contribution in [0.1, 0.15) is 97.6 Å². The number of piperazine rings is 2. The molecule has 26 nitrogen and oxygen atoms in total. The van der Waals surface area contributed by atoms with Crippen molar-refractivity contribution in [1.29, 1.82) is 0 Å². The minimum atomic E-state index is -2.27. The normalized spacial score (nSPS) is 33.2. The highest BCUT2D eigenvalue weighted by Gasteiger charge is 2.72. The van der Waals surface area contributed by atoms with Crippen molar-refractivity contribution in [3.8, 4) is 0 Å². The predicted octanol–water partition coefficient (Wildman–Crippen LogP) is 2.04. The van der Waals surface area contributed by atoms with Crippen molar-refractivity contribution < 1.29 is 78.5 Å². The number of amides is 6. The van der Waals surface area contributed by atoms with E-state index in [0.29, 0.717) is 64.7 Å². The second kappa shape index (κ2) is 24.2. The highest BCUT2D eigenvalue weighted by atomic mass is 16.7. The van der Waals surface area contributed by atoms with E-state index in [0.717, 1.165) is 35.0 Å². The second-order valence-electron chi connectivity index (χ2n) is 27.9. The SMILES string of the molecule is CN1C[C@H](C(=O)N[C@]2(C)O[C@@]3(O)[C@@H]4CCCN4C(=O)[C@H](Cc4ccccc4)N3C2=O)CC2c3cccc4[nH]cc(c34)C[C@H]21.CN1C[C@H](C(=O)N[C@]2(C)O[C@@]3(O)[C@@H]4CCCN4C(=O)[C@H](Cc4ccccc4)N3C2=O)CC2c3cccc4[nH]cc(c34)C[C@H]21.O=C(O)C(O)C(O)C(=O)O. The standard InChI is InChI=1S/2C33H37N5O5.C4H6O6/c2*1-32(35-29(39)21-15-23-22-10-6-11-24-28(22)20(17-34-24)16-25(23)36(2)18-21)31(41)38-26(14-19-8-4-3-5-9-19)30(40)37-13-7-12-27(37)33(38,42)43-32;5-1(3(7)8)2(6)4(9)10/h2*3-6,8-11,17,21,23,25-27,34,42H,7,12-16,18H2,1-2H3,(H,35,39);1-2,5-6H,(H,7,8)(H,9,10)/t2*21-,23?,25-,26+,27+,32-,33+;/m11./s1. The maximum absolute atomic E-state index is 14.2. The van der Waals surface area contributed by atoms with Crippen molar-refractivity contribution in [3.63, 3.8) is 0 Å². The molecule has 10 aliphatic rings. The molecule has 6 amide bonds. The summed E-state index contributed by atoms with van der Waals surface area (Å²) in [5.74, 6) is -10.2. The third-order valence-electron chi connectivity index (χ3n) is 22.1. The number of ether oxygens (including phenoxy) is 2. The number of carboxylic acids is 2. The molecule has 0 radical (unpaired) electrons. The van der Waals surface area contributed by atoms with Crippen LogP contribution in [-0.2, 0) is 73.5 Å². The van der Waals surface area contributed by atoms with Crippen molar-refractivity contribution in [1.82, 2.24) is 50.0 Å². The van der Waals surface area contributed by atoms with Gasteiger partial charge in [0.05, 0.1) is 11.8 Å². The van der Waals surface area contributed by atoms with Crippen LogP contribution in [0.25, 0.3) is 21.8 Å². The average molecular weight is 1320 g/mol. The number of hydrogen-bond acceptors (Lipinski definition) is 16. The van der Waals surface area contributed by atoms with Gasteiger partial charge in [-0.1, -0.05) is 84.9 Å². The van der Waals surface area contributed by atoms with Crippen LogP contribution in [0.4, 0.5) is 0 Å². The average Bonchev–Trinajstić information content (AvgIpc) is 1.54. The molecule has 16 atom stereocenters. The number of aromatic nitrogens is 2. The summed E-state index contributed by atoms with van der Waals surface area (Å²) in [6.45, 7) is 5.11. The number of benzene rings is 4. The largest absolute Gasteiger partial charge is 0.479 e. The molecule has 26 heteroatoms. The minimum absolute atomic E-state index is 0.171. The highest BCUT2D eigenvalue weighted by Crippen LogP contribution is 2.50. The van der Waals surface area contributed by atoms with E-state index < -0.39 is 83.4 Å². The van der Waals surface area contributed by atoms with Crippen molar-refractivity contribution in [2.24, 2.45) is 11.8 Å². The van der Waals surface area contributed by atoms with Gasteiger partial charge < -0.3 is 70.8 Å². The first-order chi connectivity index (χ1) is 45.8. The van der Waals surface area contributed by atoms with E-state index in [9.17, 15) is 48.6 Å². The number of carbonyl (C=O) groups excluding carboxylic acids is 6. The maximum atomic E-state index is 14.2. The van der Waals surface area contributed by atoms with Gasteiger partial charge in [-0.15, -0.1) is 0 Å². The lowest BCUT2D eigenvalue weighted by Crippen LogP contribution is -2.71. The molecule has 16 rings (SSSR count). The summed E-state index contributed by atoms with van der Waals surface area (Å²) in [5.41, 5.74) is 5.48. The lowest BCUT2D eigenvalue weighted by molar-refractivity contribution is -0.315. The number of rotatable bonds is 11. The number of nitrogens with zero attached hydrogens (tertiary/aromatic N) is 6. The summed E-state index contributed by atoms with van der Waals surface area (Å²) in [6.07, 6.45) is 5.72. The molecular weight excluding hydrogens is 1240 g/mol. The van der Waals surface area contributed by atoms with E-state index >= 15 is 0 Å². The Morgan fingerprint density at radius 2 is 0.958 bits per heavy atom. The summed E-state index contributed by atoms with van der Waals surface area (Å²) >= 11 is 0. The molecule has 10 heterocycles. The molecule has 4 unspecified atom stereocenters. The molecule has 4 aromatic carbocycles. The van der Waals surface area contributed by atoms with Gasteiger partial charge in [-0.05, 0) is 125 Å². The third kappa shape index (κ3) is 10.6. The number of hydrogen-bond donors (Lipinski definition) is 10. The number of likely N-dealkylation sites (N-methyl/N-ethyl adjacent to an activating group) is 2. The van der Waals surface area contributed by atoms with Gasteiger partial charge in [-0.3, -0.25) is 48.0 Å². The summed E-state index contributed by atoms with van der Waals surface area (Å²) in [5, 5.41) is 65.0. The smallest absolute Gasteiger partial charge is 0.335 e. The Bertz CT molecular complexity index is 3850. The number of H-pyrrole nitrogens is 2. The van der Waals surface area contributed by atoms with Gasteiger partial charge in [-0.2, -0.15) is 0 Å².